The van der Waals surface area contributed by atoms with Gasteiger partial charge in [0.05, 0.1) is 54.9 Å². The second-order valence-corrected chi connectivity index (χ2v) is 18.8. The third kappa shape index (κ3) is 8.36. The summed E-state index contributed by atoms with van der Waals surface area (Å²) in [6.07, 6.45) is 3.34. The number of carbonyl (C=O) groups excluding carboxylic acids is 4. The lowest BCUT2D eigenvalue weighted by molar-refractivity contribution is -0.149. The van der Waals surface area contributed by atoms with Crippen molar-refractivity contribution in [1.82, 2.24) is 29.8 Å². The SMILES string of the molecule is C=C[C@@H]1C[C@]1(NC(=O)[C@@H]1C[C@@H](Oc2cc(-c3ccccn3)nc3c(Cl)c(OC)ccc23)CN1C(=O)C(CC(=O)N1CCOCC1)C(C)(C)C)C(=O)NS(=O)(=O)C1CC1. The summed E-state index contributed by atoms with van der Waals surface area (Å²) in [5.74, 6) is -2.71. The maximum absolute atomic E-state index is 14.9. The Hall–Kier alpha value is -4.80. The lowest BCUT2D eigenvalue weighted by Crippen LogP contribution is -2.57. The van der Waals surface area contributed by atoms with Gasteiger partial charge < -0.3 is 29.3 Å². The Morgan fingerprint density at radius 2 is 1.84 bits per heavy atom. The number of methoxy groups -OCH3 is 1. The van der Waals surface area contributed by atoms with Gasteiger partial charge >= 0.3 is 0 Å². The van der Waals surface area contributed by atoms with Crippen molar-refractivity contribution in [2.45, 2.75) is 75.8 Å². The molecule has 4 heterocycles. The third-order valence-electron chi connectivity index (χ3n) is 11.5. The van der Waals surface area contributed by atoms with Gasteiger partial charge in [-0.3, -0.25) is 28.9 Å². The molecule has 2 aliphatic carbocycles. The monoisotopic (exact) mass is 836 g/mol. The van der Waals surface area contributed by atoms with Crippen LogP contribution in [0.5, 0.6) is 11.5 Å². The second-order valence-electron chi connectivity index (χ2n) is 16.5. The van der Waals surface area contributed by atoms with Crippen LogP contribution in [0.3, 0.4) is 0 Å². The molecule has 2 saturated carbocycles. The molecule has 2 saturated heterocycles. The fraction of sp³-hybridized carbons (Fsp3) is 0.512. The van der Waals surface area contributed by atoms with E-state index >= 15 is 0 Å². The van der Waals surface area contributed by atoms with Gasteiger partial charge in [0, 0.05) is 49.5 Å². The molecule has 1 aromatic carbocycles. The molecule has 0 bridgehead atoms. The number of hydrogen-bond donors (Lipinski definition) is 2. The molecule has 4 amide bonds. The summed E-state index contributed by atoms with van der Waals surface area (Å²) in [5, 5.41) is 3.00. The summed E-state index contributed by atoms with van der Waals surface area (Å²) in [5.41, 5.74) is -0.853. The van der Waals surface area contributed by atoms with Crippen LogP contribution in [0.1, 0.15) is 52.9 Å². The van der Waals surface area contributed by atoms with Crippen LogP contribution in [-0.4, -0.2) is 115 Å². The van der Waals surface area contributed by atoms with E-state index in [4.69, 9.17) is 30.8 Å². The molecule has 4 aliphatic rings. The van der Waals surface area contributed by atoms with Crippen LogP contribution in [0, 0.1) is 17.3 Å². The minimum absolute atomic E-state index is 0.00922. The maximum Gasteiger partial charge on any atom is 0.259 e. The van der Waals surface area contributed by atoms with Gasteiger partial charge in [-0.2, -0.15) is 0 Å². The van der Waals surface area contributed by atoms with Crippen LogP contribution in [0.2, 0.25) is 5.02 Å². The van der Waals surface area contributed by atoms with Crippen LogP contribution >= 0.6 is 11.6 Å². The number of fused-ring (bicyclic) bond motifs is 1. The van der Waals surface area contributed by atoms with Crippen LogP contribution in [0.25, 0.3) is 22.3 Å². The summed E-state index contributed by atoms with van der Waals surface area (Å²) in [4.78, 5) is 69.0. The van der Waals surface area contributed by atoms with E-state index in [0.29, 0.717) is 72.9 Å². The Bertz CT molecular complexity index is 2230. The molecule has 7 rings (SSSR count). The van der Waals surface area contributed by atoms with Crippen molar-refractivity contribution in [3.05, 3.63) is 60.3 Å². The van der Waals surface area contributed by atoms with Gasteiger partial charge in [-0.25, -0.2) is 13.4 Å². The van der Waals surface area contributed by atoms with Crippen molar-refractivity contribution in [2.75, 3.05) is 40.0 Å². The van der Waals surface area contributed by atoms with E-state index in [0.717, 1.165) is 0 Å². The maximum atomic E-state index is 14.9. The first-order valence-corrected chi connectivity index (χ1v) is 21.4. The molecule has 15 nitrogen and oxygen atoms in total. The fourth-order valence-corrected chi connectivity index (χ4v) is 9.41. The van der Waals surface area contributed by atoms with Crippen molar-refractivity contribution in [3.63, 3.8) is 0 Å². The highest BCUT2D eigenvalue weighted by Crippen LogP contribution is 2.46. The standard InChI is InChI=1S/C41H49ClN6O9S/c1-6-24-22-41(24,39(52)46-58(53,54)26-10-11-26)45-37(50)31-19-25(23-48(31)38(51)28(40(2,3)4)20-34(49)47-15-17-56-18-16-47)57-33-21-30(29-9-7-8-14-43-29)44-36-27(33)12-13-32(55-5)35(36)42/h6-9,12-14,21,24-26,28,31H,1,10-11,15-20,22-23H2,2-5H3,(H,45,50)(H,46,52)/t24-,25-,28?,31+,41-/m1/s1. The molecule has 1 unspecified atom stereocenters. The number of carbonyl (C=O) groups is 4. The highest BCUT2D eigenvalue weighted by atomic mass is 35.5. The molecule has 2 N–H and O–H groups in total. The summed E-state index contributed by atoms with van der Waals surface area (Å²) >= 11 is 6.79. The van der Waals surface area contributed by atoms with Gasteiger partial charge in [0.15, 0.2) is 0 Å². The average Bonchev–Trinajstić information content (AvgIpc) is 4.14. The molecule has 2 aromatic heterocycles. The third-order valence-corrected chi connectivity index (χ3v) is 13.7. The van der Waals surface area contributed by atoms with Crippen LogP contribution in [0.4, 0.5) is 0 Å². The zero-order valence-electron chi connectivity index (χ0n) is 33.0. The highest BCUT2D eigenvalue weighted by Gasteiger charge is 2.62. The number of nitrogens with one attached hydrogen (secondary N) is 2. The molecule has 5 atom stereocenters. The molecule has 0 radical (unpaired) electrons. The molecule has 4 fully saturated rings. The highest BCUT2D eigenvalue weighted by molar-refractivity contribution is 7.91. The number of sulfonamides is 1. The summed E-state index contributed by atoms with van der Waals surface area (Å²) in [6.45, 7) is 11.0. The van der Waals surface area contributed by atoms with Gasteiger partial charge in [-0.1, -0.05) is 44.5 Å². The Morgan fingerprint density at radius 3 is 2.47 bits per heavy atom. The predicted octanol–water partition coefficient (Wildman–Crippen LogP) is 3.89. The Labute approximate surface area is 342 Å². The first kappa shape index (κ1) is 41.4. The van der Waals surface area contributed by atoms with Gasteiger partial charge in [0.25, 0.3) is 5.91 Å². The summed E-state index contributed by atoms with van der Waals surface area (Å²) in [6, 6.07) is 9.44. The largest absolute Gasteiger partial charge is 0.495 e. The molecule has 58 heavy (non-hydrogen) atoms. The quantitative estimate of drug-likeness (QED) is 0.238. The number of pyridine rings is 2. The van der Waals surface area contributed by atoms with Crippen molar-refractivity contribution in [1.29, 1.82) is 0 Å². The number of nitrogens with zero attached hydrogens (tertiary/aromatic N) is 4. The molecule has 310 valence electrons. The van der Waals surface area contributed by atoms with Crippen LogP contribution in [-0.2, 0) is 33.9 Å². The smallest absolute Gasteiger partial charge is 0.259 e. The molecular weight excluding hydrogens is 788 g/mol. The van der Waals surface area contributed by atoms with Crippen LogP contribution in [0.15, 0.2) is 55.3 Å². The first-order chi connectivity index (χ1) is 27.6. The van der Waals surface area contributed by atoms with Gasteiger partial charge in [0.1, 0.15) is 34.2 Å². The van der Waals surface area contributed by atoms with Gasteiger partial charge in [-0.05, 0) is 48.9 Å². The molecule has 17 heteroatoms. The number of rotatable bonds is 13. The van der Waals surface area contributed by atoms with E-state index in [2.05, 4.69) is 21.6 Å². The average molecular weight is 837 g/mol. The van der Waals surface area contributed by atoms with Crippen molar-refractivity contribution in [3.8, 4) is 22.9 Å². The fourth-order valence-electron chi connectivity index (χ4n) is 7.76. The lowest BCUT2D eigenvalue weighted by atomic mass is 9.77. The summed E-state index contributed by atoms with van der Waals surface area (Å²) in [7, 11) is -2.42. The summed E-state index contributed by atoms with van der Waals surface area (Å²) < 4.78 is 45.4. The molecule has 0 spiro atoms. The van der Waals surface area contributed by atoms with E-state index in [9.17, 15) is 27.6 Å². The number of hydrogen-bond acceptors (Lipinski definition) is 11. The van der Waals surface area contributed by atoms with Crippen LogP contribution < -0.4 is 19.5 Å². The lowest BCUT2D eigenvalue weighted by Gasteiger charge is -2.36. The second kappa shape index (κ2) is 16.1. The number of likely N-dealkylation sites (tertiary alicyclic amines) is 1. The van der Waals surface area contributed by atoms with Crippen molar-refractivity contribution < 1.29 is 41.8 Å². The topological polar surface area (TPSA) is 186 Å². The Morgan fingerprint density at radius 1 is 1.10 bits per heavy atom. The number of ether oxygens (including phenoxy) is 3. The first-order valence-electron chi connectivity index (χ1n) is 19.5. The number of morpholine rings is 1. The normalized spacial score (nSPS) is 23.8. The van der Waals surface area contributed by atoms with Gasteiger partial charge in [-0.15, -0.1) is 6.58 Å². The molecule has 3 aromatic rings. The minimum atomic E-state index is -3.92. The molecular formula is C41H49ClN6O9S. The zero-order chi connectivity index (χ0) is 41.6. The number of aromatic nitrogens is 2. The van der Waals surface area contributed by atoms with Crippen molar-refractivity contribution in [2.24, 2.45) is 17.3 Å². The minimum Gasteiger partial charge on any atom is -0.495 e. The Kier molecular flexibility index (Phi) is 11.5. The van der Waals surface area contributed by atoms with E-state index in [1.54, 1.807) is 41.4 Å². The molecule has 2 aliphatic heterocycles. The van der Waals surface area contributed by atoms with E-state index in [-0.39, 0.29) is 36.7 Å². The number of halogens is 1. The zero-order valence-corrected chi connectivity index (χ0v) is 34.6. The predicted molar refractivity (Wildman–Crippen MR) is 215 cm³/mol. The number of amides is 4. The van der Waals surface area contributed by atoms with E-state index < -0.39 is 67.9 Å². The van der Waals surface area contributed by atoms with E-state index in [1.807, 2.05) is 26.8 Å². The van der Waals surface area contributed by atoms with Crippen molar-refractivity contribution >= 4 is 56.2 Å². The Balaban J connectivity index is 1.23. The van der Waals surface area contributed by atoms with E-state index in [1.165, 1.54) is 18.1 Å². The number of benzene rings is 1. The van der Waals surface area contributed by atoms with Gasteiger partial charge in [0.2, 0.25) is 27.7 Å².